The third-order valence-electron chi connectivity index (χ3n) is 2.96. The van der Waals surface area contributed by atoms with Crippen LogP contribution in [0.15, 0.2) is 52.3 Å². The van der Waals surface area contributed by atoms with Crippen LogP contribution in [-0.2, 0) is 10.0 Å². The molecule has 0 aliphatic rings. The number of thioether (sulfide) groups is 1. The molecule has 2 aromatic rings. The number of rotatable bonds is 4. The van der Waals surface area contributed by atoms with Crippen molar-refractivity contribution < 1.29 is 8.42 Å². The van der Waals surface area contributed by atoms with Crippen LogP contribution in [0.1, 0.15) is 11.1 Å². The summed E-state index contributed by atoms with van der Waals surface area (Å²) in [5.74, 6) is 0. The minimum absolute atomic E-state index is 0.317. The first-order valence-corrected chi connectivity index (χ1v) is 8.87. The second-order valence-corrected chi connectivity index (χ2v) is 7.13. The molecular weight excluding hydrogens is 290 g/mol. The molecule has 0 aliphatic heterocycles. The Kier molecular flexibility index (Phi) is 4.40. The zero-order valence-corrected chi connectivity index (χ0v) is 13.3. The third kappa shape index (κ3) is 3.35. The lowest BCUT2D eigenvalue weighted by Crippen LogP contribution is -2.14. The van der Waals surface area contributed by atoms with Crippen LogP contribution in [0.2, 0.25) is 0 Å². The Bertz CT molecular complexity index is 707. The highest BCUT2D eigenvalue weighted by atomic mass is 32.2. The summed E-state index contributed by atoms with van der Waals surface area (Å²) >= 11 is 1.62. The van der Waals surface area contributed by atoms with Gasteiger partial charge in [-0.2, -0.15) is 0 Å². The van der Waals surface area contributed by atoms with E-state index < -0.39 is 10.0 Å². The van der Waals surface area contributed by atoms with E-state index in [-0.39, 0.29) is 0 Å². The molecule has 106 valence electrons. The molecule has 0 bridgehead atoms. The van der Waals surface area contributed by atoms with Crippen molar-refractivity contribution in [2.45, 2.75) is 23.6 Å². The molecule has 0 atom stereocenters. The van der Waals surface area contributed by atoms with Crippen LogP contribution in [0.3, 0.4) is 0 Å². The van der Waals surface area contributed by atoms with Gasteiger partial charge in [-0.25, -0.2) is 8.42 Å². The summed E-state index contributed by atoms with van der Waals surface area (Å²) in [6, 6.07) is 12.6. The molecule has 0 spiro atoms. The smallest absolute Gasteiger partial charge is 0.262 e. The van der Waals surface area contributed by atoms with E-state index in [1.54, 1.807) is 43.0 Å². The summed E-state index contributed by atoms with van der Waals surface area (Å²) < 4.78 is 27.4. The van der Waals surface area contributed by atoms with Crippen LogP contribution >= 0.6 is 11.8 Å². The van der Waals surface area contributed by atoms with Crippen molar-refractivity contribution in [3.63, 3.8) is 0 Å². The molecule has 20 heavy (non-hydrogen) atoms. The van der Waals surface area contributed by atoms with Crippen molar-refractivity contribution in [3.05, 3.63) is 53.6 Å². The maximum absolute atomic E-state index is 12.4. The van der Waals surface area contributed by atoms with Gasteiger partial charge >= 0.3 is 0 Å². The van der Waals surface area contributed by atoms with E-state index >= 15 is 0 Å². The van der Waals surface area contributed by atoms with Gasteiger partial charge in [-0.15, -0.1) is 11.8 Å². The molecular formula is C15H17NO2S2. The van der Waals surface area contributed by atoms with E-state index in [9.17, 15) is 8.42 Å². The van der Waals surface area contributed by atoms with E-state index in [1.165, 1.54) is 0 Å². The van der Waals surface area contributed by atoms with Crippen molar-refractivity contribution in [2.75, 3.05) is 11.0 Å². The summed E-state index contributed by atoms with van der Waals surface area (Å²) in [6.45, 7) is 3.75. The van der Waals surface area contributed by atoms with E-state index in [4.69, 9.17) is 0 Å². The van der Waals surface area contributed by atoms with Gasteiger partial charge in [0.15, 0.2) is 0 Å². The number of anilines is 1. The third-order valence-corrected chi connectivity index (χ3v) is 5.25. The Balaban J connectivity index is 2.30. The Morgan fingerprint density at radius 3 is 2.20 bits per heavy atom. The quantitative estimate of drug-likeness (QED) is 0.873. The fourth-order valence-corrected chi connectivity index (χ4v) is 3.66. The maximum Gasteiger partial charge on any atom is 0.262 e. The molecule has 1 N–H and O–H groups in total. The highest BCUT2D eigenvalue weighted by molar-refractivity contribution is 7.98. The zero-order valence-electron chi connectivity index (χ0n) is 11.7. The Morgan fingerprint density at radius 2 is 1.65 bits per heavy atom. The molecule has 0 aromatic heterocycles. The summed E-state index contributed by atoms with van der Waals surface area (Å²) in [6.07, 6.45) is 1.98. The second kappa shape index (κ2) is 5.89. The molecule has 0 saturated heterocycles. The first-order chi connectivity index (χ1) is 9.42. The predicted octanol–water partition coefficient (Wildman–Crippen LogP) is 3.83. The topological polar surface area (TPSA) is 46.2 Å². The lowest BCUT2D eigenvalue weighted by molar-refractivity contribution is 0.600. The van der Waals surface area contributed by atoms with Crippen molar-refractivity contribution in [3.8, 4) is 0 Å². The van der Waals surface area contributed by atoms with Gasteiger partial charge in [0.2, 0.25) is 0 Å². The monoisotopic (exact) mass is 307 g/mol. The number of sulfonamides is 1. The molecule has 0 heterocycles. The minimum Gasteiger partial charge on any atom is -0.280 e. The number of benzene rings is 2. The average Bonchev–Trinajstić information content (AvgIpc) is 2.38. The molecule has 3 nitrogen and oxygen atoms in total. The van der Waals surface area contributed by atoms with E-state index in [0.717, 1.165) is 16.0 Å². The number of aryl methyl sites for hydroxylation is 2. The van der Waals surface area contributed by atoms with Gasteiger partial charge in [0.1, 0.15) is 0 Å². The molecule has 0 amide bonds. The largest absolute Gasteiger partial charge is 0.280 e. The number of hydrogen-bond acceptors (Lipinski definition) is 3. The average molecular weight is 307 g/mol. The summed E-state index contributed by atoms with van der Waals surface area (Å²) in [5.41, 5.74) is 2.37. The Labute approximate surface area is 124 Å². The van der Waals surface area contributed by atoms with Crippen LogP contribution in [-0.4, -0.2) is 14.7 Å². The van der Waals surface area contributed by atoms with Crippen molar-refractivity contribution in [1.29, 1.82) is 0 Å². The summed E-state index contributed by atoms with van der Waals surface area (Å²) in [7, 11) is -3.54. The van der Waals surface area contributed by atoms with Crippen molar-refractivity contribution in [2.24, 2.45) is 0 Å². The SMILES string of the molecule is CSc1ccc(NS(=O)(=O)c2ccc(C)cc2C)cc1. The van der Waals surface area contributed by atoms with Crippen LogP contribution in [0.4, 0.5) is 5.69 Å². The van der Waals surface area contributed by atoms with Gasteiger partial charge in [0.25, 0.3) is 10.0 Å². The normalized spacial score (nSPS) is 11.3. The predicted molar refractivity (Wildman–Crippen MR) is 84.9 cm³/mol. The molecule has 2 rings (SSSR count). The van der Waals surface area contributed by atoms with Gasteiger partial charge in [0.05, 0.1) is 4.90 Å². The molecule has 0 saturated carbocycles. The Hall–Kier alpha value is -1.46. The fourth-order valence-electron chi connectivity index (χ4n) is 1.97. The van der Waals surface area contributed by atoms with E-state index in [0.29, 0.717) is 10.6 Å². The fraction of sp³-hybridized carbons (Fsp3) is 0.200. The first kappa shape index (κ1) is 14.9. The Morgan fingerprint density at radius 1 is 1.00 bits per heavy atom. The van der Waals surface area contributed by atoms with Crippen LogP contribution in [0.5, 0.6) is 0 Å². The van der Waals surface area contributed by atoms with Crippen LogP contribution in [0.25, 0.3) is 0 Å². The van der Waals surface area contributed by atoms with Gasteiger partial charge in [-0.1, -0.05) is 17.7 Å². The second-order valence-electron chi connectivity index (χ2n) is 4.60. The van der Waals surface area contributed by atoms with E-state index in [2.05, 4.69) is 4.72 Å². The molecule has 2 aromatic carbocycles. The van der Waals surface area contributed by atoms with Crippen molar-refractivity contribution in [1.82, 2.24) is 0 Å². The highest BCUT2D eigenvalue weighted by Crippen LogP contribution is 2.22. The first-order valence-electron chi connectivity index (χ1n) is 6.16. The highest BCUT2D eigenvalue weighted by Gasteiger charge is 2.16. The lowest BCUT2D eigenvalue weighted by atomic mass is 10.2. The summed E-state index contributed by atoms with van der Waals surface area (Å²) in [5, 5.41) is 0. The van der Waals surface area contributed by atoms with Gasteiger partial charge in [0, 0.05) is 10.6 Å². The lowest BCUT2D eigenvalue weighted by Gasteiger charge is -2.11. The number of nitrogens with one attached hydrogen (secondary N) is 1. The maximum atomic E-state index is 12.4. The number of hydrogen-bond donors (Lipinski definition) is 1. The molecule has 0 unspecified atom stereocenters. The molecule has 0 fully saturated rings. The van der Waals surface area contributed by atoms with Crippen LogP contribution in [0, 0.1) is 13.8 Å². The van der Waals surface area contributed by atoms with E-state index in [1.807, 2.05) is 31.4 Å². The summed E-state index contributed by atoms with van der Waals surface area (Å²) in [4.78, 5) is 1.41. The van der Waals surface area contributed by atoms with Crippen LogP contribution < -0.4 is 4.72 Å². The van der Waals surface area contributed by atoms with Crippen molar-refractivity contribution >= 4 is 27.5 Å². The van der Waals surface area contributed by atoms with Gasteiger partial charge in [-0.05, 0) is 56.0 Å². The molecule has 5 heteroatoms. The van der Waals surface area contributed by atoms with Gasteiger partial charge < -0.3 is 0 Å². The van der Waals surface area contributed by atoms with Gasteiger partial charge in [-0.3, -0.25) is 4.72 Å². The molecule has 0 radical (unpaired) electrons. The zero-order chi connectivity index (χ0) is 14.8. The standard InChI is InChI=1S/C15H17NO2S2/c1-11-4-9-15(12(2)10-11)20(17,18)16-13-5-7-14(19-3)8-6-13/h4-10,16H,1-3H3. The minimum atomic E-state index is -3.54. The molecule has 0 aliphatic carbocycles.